The number of thiophene rings is 1. The SMILES string of the molecule is CCOC(=O)C1=C(c2ccccc2)NC(SCC(=O)OC)=C(C#N)[C@H]1c1sccc1C. The molecule has 1 aromatic heterocycles. The van der Waals surface area contributed by atoms with E-state index in [2.05, 4.69) is 11.4 Å². The predicted molar refractivity (Wildman–Crippen MR) is 122 cm³/mol. The molecule has 0 bridgehead atoms. The van der Waals surface area contributed by atoms with Crippen LogP contribution in [-0.4, -0.2) is 31.4 Å². The van der Waals surface area contributed by atoms with E-state index in [1.54, 1.807) is 6.92 Å². The van der Waals surface area contributed by atoms with Gasteiger partial charge < -0.3 is 14.8 Å². The number of rotatable bonds is 7. The molecule has 160 valence electrons. The molecule has 31 heavy (non-hydrogen) atoms. The summed E-state index contributed by atoms with van der Waals surface area (Å²) in [4.78, 5) is 25.8. The molecule has 1 atom stereocenters. The van der Waals surface area contributed by atoms with E-state index in [0.29, 0.717) is 21.9 Å². The molecular weight excluding hydrogens is 432 g/mol. The Kier molecular flexibility index (Phi) is 7.55. The van der Waals surface area contributed by atoms with E-state index in [9.17, 15) is 14.9 Å². The molecule has 1 aliphatic rings. The molecular formula is C23H22N2O4S2. The average Bonchev–Trinajstić information content (AvgIpc) is 3.22. The molecule has 0 radical (unpaired) electrons. The molecule has 1 aliphatic heterocycles. The van der Waals surface area contributed by atoms with Crippen LogP contribution in [0.1, 0.15) is 28.8 Å². The van der Waals surface area contributed by atoms with Crippen molar-refractivity contribution >= 4 is 40.7 Å². The first-order chi connectivity index (χ1) is 15.0. The summed E-state index contributed by atoms with van der Waals surface area (Å²) in [6, 6.07) is 13.7. The molecule has 8 heteroatoms. The zero-order chi connectivity index (χ0) is 22.4. The first-order valence-electron chi connectivity index (χ1n) is 9.63. The Hall–Kier alpha value is -3.02. The van der Waals surface area contributed by atoms with Crippen molar-refractivity contribution in [2.75, 3.05) is 19.5 Å². The summed E-state index contributed by atoms with van der Waals surface area (Å²) in [5, 5.41) is 15.8. The summed E-state index contributed by atoms with van der Waals surface area (Å²) in [6.07, 6.45) is 0. The maximum absolute atomic E-state index is 13.2. The van der Waals surface area contributed by atoms with Crippen molar-refractivity contribution in [3.63, 3.8) is 0 Å². The minimum absolute atomic E-state index is 0.0387. The summed E-state index contributed by atoms with van der Waals surface area (Å²) in [5.74, 6) is -1.43. The summed E-state index contributed by atoms with van der Waals surface area (Å²) in [5.41, 5.74) is 3.11. The molecule has 1 aromatic carbocycles. The van der Waals surface area contributed by atoms with Crippen molar-refractivity contribution < 1.29 is 19.1 Å². The highest BCUT2D eigenvalue weighted by atomic mass is 32.2. The van der Waals surface area contributed by atoms with Crippen molar-refractivity contribution in [2.45, 2.75) is 19.8 Å². The molecule has 0 saturated carbocycles. The van der Waals surface area contributed by atoms with Gasteiger partial charge in [0.15, 0.2) is 0 Å². The number of benzene rings is 1. The van der Waals surface area contributed by atoms with Crippen LogP contribution >= 0.6 is 23.1 Å². The number of ether oxygens (including phenoxy) is 2. The Bertz CT molecular complexity index is 1080. The van der Waals surface area contributed by atoms with Crippen LogP contribution in [0.15, 0.2) is 58.0 Å². The monoisotopic (exact) mass is 454 g/mol. The molecule has 0 spiro atoms. The molecule has 6 nitrogen and oxygen atoms in total. The zero-order valence-electron chi connectivity index (χ0n) is 17.4. The van der Waals surface area contributed by atoms with Crippen molar-refractivity contribution in [1.82, 2.24) is 5.32 Å². The van der Waals surface area contributed by atoms with E-state index < -0.39 is 17.9 Å². The second-order valence-corrected chi connectivity index (χ2v) is 8.55. The molecule has 3 rings (SSSR count). The number of hydrogen-bond acceptors (Lipinski definition) is 8. The summed E-state index contributed by atoms with van der Waals surface area (Å²) < 4.78 is 10.2. The van der Waals surface area contributed by atoms with Gasteiger partial charge in [-0.25, -0.2) is 4.79 Å². The van der Waals surface area contributed by atoms with Gasteiger partial charge in [-0.2, -0.15) is 5.26 Å². The number of nitrogens with zero attached hydrogens (tertiary/aromatic N) is 1. The van der Waals surface area contributed by atoms with Gasteiger partial charge in [-0.05, 0) is 36.4 Å². The minimum atomic E-state index is -0.597. The number of carbonyl (C=O) groups excluding carboxylic acids is 2. The Morgan fingerprint density at radius 2 is 2.00 bits per heavy atom. The number of hydrogen-bond donors (Lipinski definition) is 1. The van der Waals surface area contributed by atoms with Gasteiger partial charge >= 0.3 is 11.9 Å². The van der Waals surface area contributed by atoms with Crippen LogP contribution in [-0.2, 0) is 19.1 Å². The maximum atomic E-state index is 13.2. The fourth-order valence-corrected chi connectivity index (χ4v) is 5.21. The summed E-state index contributed by atoms with van der Waals surface area (Å²) in [7, 11) is 1.32. The molecule has 0 aliphatic carbocycles. The van der Waals surface area contributed by atoms with Crippen LogP contribution in [0.25, 0.3) is 5.70 Å². The first kappa shape index (κ1) is 22.7. The molecule has 2 heterocycles. The zero-order valence-corrected chi connectivity index (χ0v) is 19.1. The lowest BCUT2D eigenvalue weighted by Gasteiger charge is -2.30. The van der Waals surface area contributed by atoms with E-state index in [4.69, 9.17) is 9.47 Å². The van der Waals surface area contributed by atoms with Gasteiger partial charge in [0.1, 0.15) is 0 Å². The Morgan fingerprint density at radius 1 is 1.26 bits per heavy atom. The number of allylic oxidation sites excluding steroid dienone is 1. The van der Waals surface area contributed by atoms with Crippen LogP contribution in [0.3, 0.4) is 0 Å². The summed E-state index contributed by atoms with van der Waals surface area (Å²) >= 11 is 2.67. The van der Waals surface area contributed by atoms with Gasteiger partial charge in [-0.1, -0.05) is 42.1 Å². The van der Waals surface area contributed by atoms with Gasteiger partial charge in [-0.3, -0.25) is 4.79 Å². The third-order valence-electron chi connectivity index (χ3n) is 4.73. The Balaban J connectivity index is 2.24. The quantitative estimate of drug-likeness (QED) is 0.622. The molecule has 1 N–H and O–H groups in total. The van der Waals surface area contributed by atoms with Crippen LogP contribution in [0.5, 0.6) is 0 Å². The van der Waals surface area contributed by atoms with E-state index >= 15 is 0 Å². The van der Waals surface area contributed by atoms with Crippen molar-refractivity contribution in [2.24, 2.45) is 0 Å². The normalized spacial score (nSPS) is 15.9. The highest BCUT2D eigenvalue weighted by Crippen LogP contribution is 2.45. The van der Waals surface area contributed by atoms with Crippen molar-refractivity contribution in [3.05, 3.63) is 74.0 Å². The number of methoxy groups -OCH3 is 1. The number of nitrogens with one attached hydrogen (secondary N) is 1. The first-order valence-corrected chi connectivity index (χ1v) is 11.5. The van der Waals surface area contributed by atoms with Gasteiger partial charge in [0.25, 0.3) is 0 Å². The number of dihydropyridines is 1. The van der Waals surface area contributed by atoms with Gasteiger partial charge in [-0.15, -0.1) is 11.3 Å². The predicted octanol–water partition coefficient (Wildman–Crippen LogP) is 4.36. The standard InChI is InChI=1S/C23H22N2O4S2/c1-4-29-23(27)19-18(21-14(2)10-11-30-21)16(12-24)22(31-13-17(26)28-3)25-20(19)15-8-6-5-7-9-15/h5-11,18,25H,4,13H2,1-3H3/t18-/m1/s1. The second kappa shape index (κ2) is 10.3. The van der Waals surface area contributed by atoms with Crippen molar-refractivity contribution in [1.29, 1.82) is 5.26 Å². The Morgan fingerprint density at radius 3 is 2.58 bits per heavy atom. The van der Waals surface area contributed by atoms with Gasteiger partial charge in [0, 0.05) is 4.88 Å². The van der Waals surface area contributed by atoms with Crippen LogP contribution in [0.4, 0.5) is 0 Å². The molecule has 0 saturated heterocycles. The van der Waals surface area contributed by atoms with E-state index in [-0.39, 0.29) is 12.4 Å². The van der Waals surface area contributed by atoms with Gasteiger partial charge in [0.2, 0.25) is 0 Å². The third-order valence-corrected chi connectivity index (χ3v) is 6.81. The minimum Gasteiger partial charge on any atom is -0.468 e. The number of aryl methyl sites for hydroxylation is 1. The molecule has 0 fully saturated rings. The number of thioether (sulfide) groups is 1. The number of esters is 2. The fourth-order valence-electron chi connectivity index (χ4n) is 3.29. The highest BCUT2D eigenvalue weighted by Gasteiger charge is 2.38. The smallest absolute Gasteiger partial charge is 0.337 e. The lowest BCUT2D eigenvalue weighted by molar-refractivity contribution is -0.139. The molecule has 2 aromatic rings. The number of carbonyl (C=O) groups is 2. The van der Waals surface area contributed by atoms with E-state index in [0.717, 1.165) is 16.0 Å². The molecule has 0 unspecified atom stereocenters. The van der Waals surface area contributed by atoms with Gasteiger partial charge in [0.05, 0.1) is 53.3 Å². The van der Waals surface area contributed by atoms with Crippen LogP contribution in [0, 0.1) is 18.3 Å². The lowest BCUT2D eigenvalue weighted by atomic mass is 9.84. The fraction of sp³-hybridized carbons (Fsp3) is 0.261. The van der Waals surface area contributed by atoms with E-state index in [1.165, 1.54) is 30.2 Å². The Labute approximate surface area is 189 Å². The highest BCUT2D eigenvalue weighted by molar-refractivity contribution is 8.03. The lowest BCUT2D eigenvalue weighted by Crippen LogP contribution is -2.29. The molecule has 0 amide bonds. The van der Waals surface area contributed by atoms with Crippen LogP contribution in [0.2, 0.25) is 0 Å². The van der Waals surface area contributed by atoms with Crippen LogP contribution < -0.4 is 5.32 Å². The second-order valence-electron chi connectivity index (χ2n) is 6.62. The summed E-state index contributed by atoms with van der Waals surface area (Å²) in [6.45, 7) is 3.92. The largest absolute Gasteiger partial charge is 0.468 e. The van der Waals surface area contributed by atoms with E-state index in [1.807, 2.05) is 48.7 Å². The maximum Gasteiger partial charge on any atom is 0.337 e. The average molecular weight is 455 g/mol. The number of nitriles is 1. The third kappa shape index (κ3) is 4.84. The topological polar surface area (TPSA) is 88.4 Å². The van der Waals surface area contributed by atoms with Crippen molar-refractivity contribution in [3.8, 4) is 6.07 Å².